The van der Waals surface area contributed by atoms with Crippen molar-refractivity contribution in [3.8, 4) is 0 Å². The largest absolute Gasteiger partial charge is 0.456 e. The molecule has 1 aromatic heterocycles. The second-order valence-electron chi connectivity index (χ2n) is 4.80. The molecule has 0 aromatic carbocycles. The molecule has 2 N–H and O–H groups in total. The first-order valence-corrected chi connectivity index (χ1v) is 5.44. The Bertz CT molecular complexity index is 375. The molecule has 1 heterocycles. The molecule has 0 unspecified atom stereocenters. The van der Waals surface area contributed by atoms with Crippen LogP contribution in [0.25, 0.3) is 0 Å². The Balaban J connectivity index is 2.84. The first kappa shape index (κ1) is 12.8. The zero-order valence-electron chi connectivity index (χ0n) is 10.4. The van der Waals surface area contributed by atoms with Crippen LogP contribution < -0.4 is 5.73 Å². The summed E-state index contributed by atoms with van der Waals surface area (Å²) in [7, 11) is 0. The lowest BCUT2D eigenvalue weighted by Crippen LogP contribution is -2.24. The maximum atomic E-state index is 11.8. The molecule has 4 nitrogen and oxygen atoms in total. The molecule has 0 aliphatic rings. The quantitative estimate of drug-likeness (QED) is 0.795. The van der Waals surface area contributed by atoms with Gasteiger partial charge in [-0.1, -0.05) is 0 Å². The lowest BCUT2D eigenvalue weighted by Gasteiger charge is -2.19. The van der Waals surface area contributed by atoms with Crippen molar-refractivity contribution in [3.63, 3.8) is 0 Å². The molecule has 0 radical (unpaired) electrons. The van der Waals surface area contributed by atoms with Gasteiger partial charge < -0.3 is 15.0 Å². The van der Waals surface area contributed by atoms with E-state index in [-0.39, 0.29) is 5.97 Å². The topological polar surface area (TPSA) is 57.2 Å². The molecule has 0 saturated carbocycles. The standard InChI is InChI=1S/C12H20N2O2/c1-9-10(5-7-14(9)8-6-13)11(15)16-12(2,3)4/h5,7H,6,8,13H2,1-4H3. The molecule has 0 atom stereocenters. The van der Waals surface area contributed by atoms with Gasteiger partial charge in [0.05, 0.1) is 5.56 Å². The average molecular weight is 224 g/mol. The number of nitrogens with zero attached hydrogens (tertiary/aromatic N) is 1. The van der Waals surface area contributed by atoms with Gasteiger partial charge in [0, 0.05) is 25.0 Å². The highest BCUT2D eigenvalue weighted by Crippen LogP contribution is 2.16. The average Bonchev–Trinajstić information content (AvgIpc) is 2.46. The Morgan fingerprint density at radius 1 is 1.50 bits per heavy atom. The minimum Gasteiger partial charge on any atom is -0.456 e. The van der Waals surface area contributed by atoms with E-state index in [1.807, 2.05) is 38.5 Å². The molecule has 16 heavy (non-hydrogen) atoms. The number of aromatic nitrogens is 1. The molecule has 0 aliphatic carbocycles. The van der Waals surface area contributed by atoms with Crippen LogP contribution in [0, 0.1) is 6.92 Å². The molecule has 90 valence electrons. The highest BCUT2D eigenvalue weighted by atomic mass is 16.6. The van der Waals surface area contributed by atoms with E-state index < -0.39 is 5.60 Å². The number of carbonyl (C=O) groups excluding carboxylic acids is 1. The SMILES string of the molecule is Cc1c(C(=O)OC(C)(C)C)ccn1CCN. The van der Waals surface area contributed by atoms with Gasteiger partial charge in [0.15, 0.2) is 0 Å². The Kier molecular flexibility index (Phi) is 3.75. The summed E-state index contributed by atoms with van der Waals surface area (Å²) in [6, 6.07) is 1.78. The van der Waals surface area contributed by atoms with E-state index in [2.05, 4.69) is 0 Å². The number of esters is 1. The third-order valence-electron chi connectivity index (χ3n) is 2.23. The summed E-state index contributed by atoms with van der Waals surface area (Å²) in [6.45, 7) is 8.75. The third-order valence-corrected chi connectivity index (χ3v) is 2.23. The van der Waals surface area contributed by atoms with E-state index in [9.17, 15) is 4.79 Å². The van der Waals surface area contributed by atoms with Gasteiger partial charge >= 0.3 is 5.97 Å². The first-order valence-electron chi connectivity index (χ1n) is 5.44. The zero-order chi connectivity index (χ0) is 12.3. The van der Waals surface area contributed by atoms with E-state index in [0.29, 0.717) is 18.7 Å². The number of hydrogen-bond acceptors (Lipinski definition) is 3. The number of ether oxygens (including phenoxy) is 1. The molecular formula is C12H20N2O2. The van der Waals surface area contributed by atoms with E-state index >= 15 is 0 Å². The minimum absolute atomic E-state index is 0.277. The Morgan fingerprint density at radius 3 is 2.62 bits per heavy atom. The van der Waals surface area contributed by atoms with Gasteiger partial charge in [-0.25, -0.2) is 4.79 Å². The number of nitrogens with two attached hydrogens (primary N) is 1. The van der Waals surface area contributed by atoms with E-state index in [1.165, 1.54) is 0 Å². The van der Waals surface area contributed by atoms with Gasteiger partial charge in [-0.2, -0.15) is 0 Å². The van der Waals surface area contributed by atoms with Crippen molar-refractivity contribution in [1.29, 1.82) is 0 Å². The van der Waals surface area contributed by atoms with Gasteiger partial charge in [0.1, 0.15) is 5.60 Å². The van der Waals surface area contributed by atoms with Crippen LogP contribution in [0.4, 0.5) is 0 Å². The van der Waals surface area contributed by atoms with E-state index in [1.54, 1.807) is 6.07 Å². The zero-order valence-corrected chi connectivity index (χ0v) is 10.4. The van der Waals surface area contributed by atoms with Crippen molar-refractivity contribution in [2.45, 2.75) is 39.8 Å². The molecule has 4 heteroatoms. The summed E-state index contributed by atoms with van der Waals surface area (Å²) in [5.74, 6) is -0.277. The van der Waals surface area contributed by atoms with Crippen molar-refractivity contribution < 1.29 is 9.53 Å². The fourth-order valence-electron chi connectivity index (χ4n) is 1.48. The Morgan fingerprint density at radius 2 is 2.12 bits per heavy atom. The normalized spacial score (nSPS) is 11.6. The van der Waals surface area contributed by atoms with Crippen molar-refractivity contribution in [2.75, 3.05) is 6.54 Å². The highest BCUT2D eigenvalue weighted by Gasteiger charge is 2.20. The van der Waals surface area contributed by atoms with Gasteiger partial charge in [-0.15, -0.1) is 0 Å². The van der Waals surface area contributed by atoms with Crippen LogP contribution in [0.1, 0.15) is 36.8 Å². The molecule has 1 rings (SSSR count). The van der Waals surface area contributed by atoms with Crippen LogP contribution in [0.2, 0.25) is 0 Å². The molecule has 0 fully saturated rings. The number of hydrogen-bond donors (Lipinski definition) is 1. The highest BCUT2D eigenvalue weighted by molar-refractivity contribution is 5.91. The molecule has 0 spiro atoms. The summed E-state index contributed by atoms with van der Waals surface area (Å²) in [6.07, 6.45) is 1.86. The molecule has 0 amide bonds. The second kappa shape index (κ2) is 4.70. The van der Waals surface area contributed by atoms with Gasteiger partial charge in [0.25, 0.3) is 0 Å². The predicted octanol–water partition coefficient (Wildman–Crippen LogP) is 1.71. The maximum Gasteiger partial charge on any atom is 0.340 e. The lowest BCUT2D eigenvalue weighted by molar-refractivity contribution is 0.00687. The molecule has 0 bridgehead atoms. The van der Waals surface area contributed by atoms with Gasteiger partial charge in [-0.05, 0) is 33.8 Å². The summed E-state index contributed by atoms with van der Waals surface area (Å²) in [4.78, 5) is 11.8. The van der Waals surface area contributed by atoms with Crippen molar-refractivity contribution in [2.24, 2.45) is 5.73 Å². The van der Waals surface area contributed by atoms with Crippen molar-refractivity contribution in [3.05, 3.63) is 23.5 Å². The van der Waals surface area contributed by atoms with Crippen molar-refractivity contribution >= 4 is 5.97 Å². The van der Waals surface area contributed by atoms with Crippen molar-refractivity contribution in [1.82, 2.24) is 4.57 Å². The number of rotatable bonds is 3. The van der Waals surface area contributed by atoms with Gasteiger partial charge in [-0.3, -0.25) is 0 Å². The van der Waals surface area contributed by atoms with E-state index in [4.69, 9.17) is 10.5 Å². The first-order chi connectivity index (χ1) is 7.35. The van der Waals surface area contributed by atoms with Crippen LogP contribution >= 0.6 is 0 Å². The van der Waals surface area contributed by atoms with Gasteiger partial charge in [0.2, 0.25) is 0 Å². The summed E-state index contributed by atoms with van der Waals surface area (Å²) in [5.41, 5.74) is 6.54. The van der Waals surface area contributed by atoms with Crippen LogP contribution in [0.3, 0.4) is 0 Å². The predicted molar refractivity (Wildman–Crippen MR) is 63.4 cm³/mol. The van der Waals surface area contributed by atoms with Crippen LogP contribution in [0.5, 0.6) is 0 Å². The Labute approximate surface area is 96.4 Å². The van der Waals surface area contributed by atoms with E-state index in [0.717, 1.165) is 5.69 Å². The Hall–Kier alpha value is -1.29. The summed E-state index contributed by atoms with van der Waals surface area (Å²) < 4.78 is 7.27. The maximum absolute atomic E-state index is 11.8. The third kappa shape index (κ3) is 3.10. The fraction of sp³-hybridized carbons (Fsp3) is 0.583. The number of carbonyl (C=O) groups is 1. The molecule has 1 aromatic rings. The molecule has 0 saturated heterocycles. The lowest BCUT2D eigenvalue weighted by atomic mass is 10.2. The van der Waals surface area contributed by atoms with Crippen LogP contribution in [-0.2, 0) is 11.3 Å². The second-order valence-corrected chi connectivity index (χ2v) is 4.80. The fourth-order valence-corrected chi connectivity index (χ4v) is 1.48. The smallest absolute Gasteiger partial charge is 0.340 e. The minimum atomic E-state index is -0.459. The summed E-state index contributed by atoms with van der Waals surface area (Å²) >= 11 is 0. The molecule has 0 aliphatic heterocycles. The van der Waals surface area contributed by atoms with Crippen LogP contribution in [-0.4, -0.2) is 22.7 Å². The summed E-state index contributed by atoms with van der Waals surface area (Å²) in [5, 5.41) is 0. The van der Waals surface area contributed by atoms with Crippen LogP contribution in [0.15, 0.2) is 12.3 Å². The molecular weight excluding hydrogens is 204 g/mol. The monoisotopic (exact) mass is 224 g/mol.